The van der Waals surface area contributed by atoms with E-state index >= 15 is 0 Å². The molecule has 0 fully saturated rings. The molecule has 0 aliphatic carbocycles. The van der Waals surface area contributed by atoms with Crippen LogP contribution in [0.1, 0.15) is 17.3 Å². The fraction of sp³-hybridized carbons (Fsp3) is 0.300. The maximum Gasteiger partial charge on any atom is 0.161 e. The topological polar surface area (TPSA) is 35.5 Å². The van der Waals surface area contributed by atoms with Gasteiger partial charge in [0.15, 0.2) is 17.3 Å². The lowest BCUT2D eigenvalue weighted by atomic mass is 10.1. The molecule has 0 bridgehead atoms. The van der Waals surface area contributed by atoms with Crippen molar-refractivity contribution in [1.29, 1.82) is 0 Å². The minimum Gasteiger partial charge on any atom is -0.493 e. The van der Waals surface area contributed by atoms with Crippen LogP contribution in [0.15, 0.2) is 16.6 Å². The van der Waals surface area contributed by atoms with Crippen LogP contribution in [0.4, 0.5) is 0 Å². The molecule has 0 spiro atoms. The van der Waals surface area contributed by atoms with Gasteiger partial charge in [0.25, 0.3) is 0 Å². The molecular weight excluding hydrogens is 248 g/mol. The quantitative estimate of drug-likeness (QED) is 0.783. The number of ketones is 1. The third-order valence-corrected chi connectivity index (χ3v) is 2.51. The summed E-state index contributed by atoms with van der Waals surface area (Å²) >= 11 is 3.30. The summed E-state index contributed by atoms with van der Waals surface area (Å²) in [7, 11) is 3.09. The third-order valence-electron chi connectivity index (χ3n) is 1.85. The van der Waals surface area contributed by atoms with Crippen LogP contribution in [0.3, 0.4) is 0 Å². The molecule has 0 aromatic heterocycles. The van der Waals surface area contributed by atoms with Crippen LogP contribution >= 0.6 is 15.9 Å². The van der Waals surface area contributed by atoms with Gasteiger partial charge in [0.1, 0.15) is 0 Å². The van der Waals surface area contributed by atoms with E-state index in [4.69, 9.17) is 9.47 Å². The first-order valence-electron chi connectivity index (χ1n) is 4.02. The van der Waals surface area contributed by atoms with Gasteiger partial charge in [-0.15, -0.1) is 0 Å². The van der Waals surface area contributed by atoms with E-state index in [0.29, 0.717) is 21.5 Å². The number of hydrogen-bond acceptors (Lipinski definition) is 3. The zero-order chi connectivity index (χ0) is 10.7. The molecule has 0 amide bonds. The van der Waals surface area contributed by atoms with Crippen molar-refractivity contribution in [3.05, 3.63) is 22.2 Å². The zero-order valence-electron chi connectivity index (χ0n) is 8.26. The summed E-state index contributed by atoms with van der Waals surface area (Å²) in [6, 6.07) is 3.38. The van der Waals surface area contributed by atoms with E-state index in [1.54, 1.807) is 19.2 Å². The minimum absolute atomic E-state index is 0.0159. The maximum absolute atomic E-state index is 11.2. The molecule has 0 unspecified atom stereocenters. The molecule has 0 atom stereocenters. The van der Waals surface area contributed by atoms with Gasteiger partial charge in [-0.25, -0.2) is 0 Å². The van der Waals surface area contributed by atoms with Gasteiger partial charge in [-0.05, 0) is 35.0 Å². The Hall–Kier alpha value is -1.03. The molecule has 0 aliphatic rings. The number of benzene rings is 1. The predicted octanol–water partition coefficient (Wildman–Crippen LogP) is 2.67. The minimum atomic E-state index is -0.0159. The average molecular weight is 259 g/mol. The van der Waals surface area contributed by atoms with Crippen LogP contribution in [0.2, 0.25) is 0 Å². The maximum atomic E-state index is 11.2. The van der Waals surface area contributed by atoms with Crippen molar-refractivity contribution < 1.29 is 14.3 Å². The first kappa shape index (κ1) is 11.0. The van der Waals surface area contributed by atoms with Gasteiger partial charge in [0.05, 0.1) is 14.2 Å². The van der Waals surface area contributed by atoms with Crippen molar-refractivity contribution in [1.82, 2.24) is 0 Å². The summed E-state index contributed by atoms with van der Waals surface area (Å²) in [6.45, 7) is 1.51. The summed E-state index contributed by atoms with van der Waals surface area (Å²) in [5.41, 5.74) is 0.586. The van der Waals surface area contributed by atoms with Crippen molar-refractivity contribution in [2.24, 2.45) is 0 Å². The average Bonchev–Trinajstić information content (AvgIpc) is 2.16. The number of ether oxygens (including phenoxy) is 2. The number of rotatable bonds is 3. The molecule has 76 valence electrons. The van der Waals surface area contributed by atoms with Crippen LogP contribution < -0.4 is 9.47 Å². The smallest absolute Gasteiger partial charge is 0.161 e. The van der Waals surface area contributed by atoms with Gasteiger partial charge in [-0.1, -0.05) is 0 Å². The molecule has 0 aliphatic heterocycles. The molecule has 0 saturated heterocycles. The van der Waals surface area contributed by atoms with Crippen molar-refractivity contribution in [2.45, 2.75) is 6.92 Å². The van der Waals surface area contributed by atoms with E-state index in [-0.39, 0.29) is 5.78 Å². The van der Waals surface area contributed by atoms with Gasteiger partial charge < -0.3 is 9.47 Å². The molecule has 1 aromatic carbocycles. The van der Waals surface area contributed by atoms with E-state index < -0.39 is 0 Å². The largest absolute Gasteiger partial charge is 0.493 e. The highest BCUT2D eigenvalue weighted by Crippen LogP contribution is 2.33. The number of halogens is 1. The summed E-state index contributed by atoms with van der Waals surface area (Å²) in [5, 5.41) is 0. The van der Waals surface area contributed by atoms with E-state index in [0.717, 1.165) is 0 Å². The van der Waals surface area contributed by atoms with Crippen LogP contribution in [0.25, 0.3) is 0 Å². The molecule has 0 radical (unpaired) electrons. The number of hydrogen-bond donors (Lipinski definition) is 0. The summed E-state index contributed by atoms with van der Waals surface area (Å²) in [6.07, 6.45) is 0. The van der Waals surface area contributed by atoms with Crippen LogP contribution in [0.5, 0.6) is 11.5 Å². The molecule has 3 nitrogen and oxygen atoms in total. The van der Waals surface area contributed by atoms with E-state index in [1.165, 1.54) is 14.0 Å². The Morgan fingerprint density at radius 1 is 1.21 bits per heavy atom. The Kier molecular flexibility index (Phi) is 3.52. The molecular formula is C10H11BrO3. The standard InChI is InChI=1S/C10H11BrO3/c1-6(12)7-4-9(13-2)10(14-3)5-8(7)11/h4-5H,1-3H3. The fourth-order valence-corrected chi connectivity index (χ4v) is 1.73. The predicted molar refractivity (Wildman–Crippen MR) is 57.3 cm³/mol. The van der Waals surface area contributed by atoms with E-state index in [9.17, 15) is 4.79 Å². The van der Waals surface area contributed by atoms with Crippen LogP contribution in [0, 0.1) is 0 Å². The molecule has 4 heteroatoms. The Labute approximate surface area is 91.1 Å². The lowest BCUT2D eigenvalue weighted by Gasteiger charge is -2.09. The van der Waals surface area contributed by atoms with Gasteiger partial charge in [-0.3, -0.25) is 4.79 Å². The Balaban J connectivity index is 3.30. The molecule has 14 heavy (non-hydrogen) atoms. The number of carbonyl (C=O) groups is 1. The molecule has 1 aromatic rings. The zero-order valence-corrected chi connectivity index (χ0v) is 9.84. The van der Waals surface area contributed by atoms with Gasteiger partial charge in [-0.2, -0.15) is 0 Å². The van der Waals surface area contributed by atoms with E-state index in [2.05, 4.69) is 15.9 Å². The van der Waals surface area contributed by atoms with Gasteiger partial charge in [0, 0.05) is 10.0 Å². The Morgan fingerprint density at radius 2 is 1.71 bits per heavy atom. The Bertz CT molecular complexity index is 361. The van der Waals surface area contributed by atoms with Crippen LogP contribution in [-0.4, -0.2) is 20.0 Å². The second-order valence-electron chi connectivity index (χ2n) is 2.74. The van der Waals surface area contributed by atoms with Crippen molar-refractivity contribution in [3.8, 4) is 11.5 Å². The second-order valence-corrected chi connectivity index (χ2v) is 3.60. The van der Waals surface area contributed by atoms with Gasteiger partial charge >= 0.3 is 0 Å². The van der Waals surface area contributed by atoms with Crippen molar-refractivity contribution in [2.75, 3.05) is 14.2 Å². The monoisotopic (exact) mass is 258 g/mol. The SMILES string of the molecule is COc1cc(Br)c(C(C)=O)cc1OC. The first-order valence-corrected chi connectivity index (χ1v) is 4.82. The third kappa shape index (κ3) is 2.07. The van der Waals surface area contributed by atoms with Crippen LogP contribution in [-0.2, 0) is 0 Å². The first-order chi connectivity index (χ1) is 6.60. The molecule has 0 heterocycles. The lowest BCUT2D eigenvalue weighted by Crippen LogP contribution is -1.97. The highest BCUT2D eigenvalue weighted by Gasteiger charge is 2.11. The molecule has 0 saturated carbocycles. The van der Waals surface area contributed by atoms with Crippen molar-refractivity contribution >= 4 is 21.7 Å². The number of Topliss-reactive ketones (excluding diaryl/α,β-unsaturated/α-hetero) is 1. The summed E-state index contributed by atoms with van der Waals surface area (Å²) < 4.78 is 10.9. The second kappa shape index (κ2) is 4.46. The number of carbonyl (C=O) groups excluding carboxylic acids is 1. The summed E-state index contributed by atoms with van der Waals surface area (Å²) in [4.78, 5) is 11.2. The van der Waals surface area contributed by atoms with Crippen molar-refractivity contribution in [3.63, 3.8) is 0 Å². The highest BCUT2D eigenvalue weighted by molar-refractivity contribution is 9.10. The lowest BCUT2D eigenvalue weighted by molar-refractivity contribution is 0.101. The summed E-state index contributed by atoms with van der Waals surface area (Å²) in [5.74, 6) is 1.14. The number of methoxy groups -OCH3 is 2. The van der Waals surface area contributed by atoms with Gasteiger partial charge in [0.2, 0.25) is 0 Å². The normalized spacial score (nSPS) is 9.71. The molecule has 1 rings (SSSR count). The Morgan fingerprint density at radius 3 is 2.14 bits per heavy atom. The van der Waals surface area contributed by atoms with E-state index in [1.807, 2.05) is 0 Å². The fourth-order valence-electron chi connectivity index (χ4n) is 1.12. The molecule has 0 N–H and O–H groups in total. The highest BCUT2D eigenvalue weighted by atomic mass is 79.9.